The lowest BCUT2D eigenvalue weighted by atomic mass is 10.00. The summed E-state index contributed by atoms with van der Waals surface area (Å²) in [5.74, 6) is -0.903. The number of rotatable bonds is 4. The Morgan fingerprint density at radius 1 is 0.800 bits per heavy atom. The first-order chi connectivity index (χ1) is 12.1. The Bertz CT molecular complexity index is 949. The molecule has 0 aliphatic rings. The standard InChI is InChI=1S/C20H15NO4/c22-17-9-5-4-8-16(17)21-12-14-10-15(19(24)11-18(14)23)20(25)13-6-2-1-3-7-13/h1-12,22-24H. The Labute approximate surface area is 144 Å². The molecule has 3 N–H and O–H groups in total. The van der Waals surface area contributed by atoms with Crippen LogP contribution in [0.15, 0.2) is 71.7 Å². The maximum Gasteiger partial charge on any atom is 0.196 e. The van der Waals surface area contributed by atoms with Crippen LogP contribution in [-0.4, -0.2) is 27.3 Å². The van der Waals surface area contributed by atoms with E-state index in [0.717, 1.165) is 6.07 Å². The number of aromatic hydroxyl groups is 3. The Hall–Kier alpha value is -3.60. The molecular weight excluding hydrogens is 318 g/mol. The number of phenols is 3. The predicted octanol–water partition coefficient (Wildman–Crippen LogP) is 3.79. The van der Waals surface area contributed by atoms with Crippen LogP contribution in [0, 0.1) is 0 Å². The van der Waals surface area contributed by atoms with Gasteiger partial charge in [0.15, 0.2) is 5.78 Å². The van der Waals surface area contributed by atoms with Crippen molar-refractivity contribution in [2.24, 2.45) is 4.99 Å². The smallest absolute Gasteiger partial charge is 0.196 e. The molecule has 5 heteroatoms. The van der Waals surface area contributed by atoms with E-state index < -0.39 is 0 Å². The Balaban J connectivity index is 1.99. The van der Waals surface area contributed by atoms with Gasteiger partial charge >= 0.3 is 0 Å². The lowest BCUT2D eigenvalue weighted by Gasteiger charge is -2.07. The summed E-state index contributed by atoms with van der Waals surface area (Å²) in [5, 5.41) is 29.7. The Morgan fingerprint density at radius 2 is 1.48 bits per heavy atom. The van der Waals surface area contributed by atoms with Gasteiger partial charge in [0.1, 0.15) is 22.9 Å². The summed E-state index contributed by atoms with van der Waals surface area (Å²) in [4.78, 5) is 16.6. The lowest BCUT2D eigenvalue weighted by molar-refractivity contribution is 0.103. The first kappa shape index (κ1) is 16.3. The normalized spacial score (nSPS) is 10.9. The molecule has 0 bridgehead atoms. The molecule has 0 radical (unpaired) electrons. The van der Waals surface area contributed by atoms with Gasteiger partial charge in [-0.2, -0.15) is 0 Å². The molecule has 124 valence electrons. The zero-order valence-electron chi connectivity index (χ0n) is 13.1. The van der Waals surface area contributed by atoms with Crippen LogP contribution in [-0.2, 0) is 0 Å². The molecule has 5 nitrogen and oxygen atoms in total. The number of benzene rings is 3. The van der Waals surface area contributed by atoms with Crippen molar-refractivity contribution in [3.05, 3.63) is 83.4 Å². The fourth-order valence-corrected chi connectivity index (χ4v) is 2.34. The van der Waals surface area contributed by atoms with Crippen LogP contribution >= 0.6 is 0 Å². The van der Waals surface area contributed by atoms with Gasteiger partial charge in [0.25, 0.3) is 0 Å². The summed E-state index contributed by atoms with van der Waals surface area (Å²) in [7, 11) is 0. The molecule has 3 rings (SSSR count). The first-order valence-electron chi connectivity index (χ1n) is 7.54. The Morgan fingerprint density at radius 3 is 2.20 bits per heavy atom. The van der Waals surface area contributed by atoms with Crippen LogP contribution < -0.4 is 0 Å². The third kappa shape index (κ3) is 3.50. The molecule has 0 unspecified atom stereocenters. The average Bonchev–Trinajstić information content (AvgIpc) is 2.62. The second-order valence-corrected chi connectivity index (χ2v) is 5.37. The minimum absolute atomic E-state index is 0.00222. The van der Waals surface area contributed by atoms with E-state index in [2.05, 4.69) is 4.99 Å². The average molecular weight is 333 g/mol. The molecule has 25 heavy (non-hydrogen) atoms. The number of carbonyl (C=O) groups is 1. The highest BCUT2D eigenvalue weighted by Crippen LogP contribution is 2.30. The summed E-state index contributed by atoms with van der Waals surface area (Å²) in [5.41, 5.74) is 1.06. The van der Waals surface area contributed by atoms with E-state index in [1.54, 1.807) is 48.5 Å². The summed E-state index contributed by atoms with van der Waals surface area (Å²) in [6.45, 7) is 0. The second kappa shape index (κ2) is 6.88. The highest BCUT2D eigenvalue weighted by molar-refractivity contribution is 6.11. The van der Waals surface area contributed by atoms with Crippen molar-refractivity contribution in [3.8, 4) is 17.2 Å². The maximum atomic E-state index is 12.5. The van der Waals surface area contributed by atoms with Gasteiger partial charge in [-0.1, -0.05) is 42.5 Å². The Kier molecular flexibility index (Phi) is 4.48. The summed E-state index contributed by atoms with van der Waals surface area (Å²) in [6, 6.07) is 17.5. The number of para-hydroxylation sites is 2. The molecule has 3 aromatic carbocycles. The summed E-state index contributed by atoms with van der Waals surface area (Å²) in [6.07, 6.45) is 1.32. The van der Waals surface area contributed by atoms with Gasteiger partial charge in [-0.15, -0.1) is 0 Å². The highest BCUT2D eigenvalue weighted by atomic mass is 16.3. The van der Waals surface area contributed by atoms with Crippen LogP contribution in [0.3, 0.4) is 0 Å². The van der Waals surface area contributed by atoms with Crippen molar-refractivity contribution < 1.29 is 20.1 Å². The predicted molar refractivity (Wildman–Crippen MR) is 95.0 cm³/mol. The monoisotopic (exact) mass is 333 g/mol. The molecule has 0 heterocycles. The molecule has 0 fully saturated rings. The number of carbonyl (C=O) groups excluding carboxylic acids is 1. The van der Waals surface area contributed by atoms with Crippen LogP contribution in [0.2, 0.25) is 0 Å². The van der Waals surface area contributed by atoms with Gasteiger partial charge in [0.05, 0.1) is 5.56 Å². The lowest BCUT2D eigenvalue weighted by Crippen LogP contribution is -2.02. The zero-order valence-corrected chi connectivity index (χ0v) is 13.1. The van der Waals surface area contributed by atoms with Crippen LogP contribution in [0.1, 0.15) is 21.5 Å². The summed E-state index contributed by atoms with van der Waals surface area (Å²) >= 11 is 0. The molecule has 0 aliphatic carbocycles. The van der Waals surface area contributed by atoms with Crippen LogP contribution in [0.4, 0.5) is 5.69 Å². The topological polar surface area (TPSA) is 90.1 Å². The van der Waals surface area contributed by atoms with Crippen molar-refractivity contribution in [2.45, 2.75) is 0 Å². The van der Waals surface area contributed by atoms with Crippen molar-refractivity contribution in [1.82, 2.24) is 0 Å². The van der Waals surface area contributed by atoms with Gasteiger partial charge in [-0.3, -0.25) is 9.79 Å². The molecule has 0 amide bonds. The first-order valence-corrected chi connectivity index (χ1v) is 7.54. The van der Waals surface area contributed by atoms with Crippen molar-refractivity contribution in [1.29, 1.82) is 0 Å². The third-order valence-corrected chi connectivity index (χ3v) is 3.65. The van der Waals surface area contributed by atoms with Crippen LogP contribution in [0.5, 0.6) is 17.2 Å². The van der Waals surface area contributed by atoms with E-state index in [1.807, 2.05) is 0 Å². The van der Waals surface area contributed by atoms with Gasteiger partial charge in [0, 0.05) is 23.4 Å². The van der Waals surface area contributed by atoms with Crippen LogP contribution in [0.25, 0.3) is 0 Å². The number of aliphatic imine (C=N–C) groups is 1. The molecule has 3 aromatic rings. The van der Waals surface area contributed by atoms with Gasteiger partial charge in [-0.25, -0.2) is 0 Å². The molecule has 0 aromatic heterocycles. The van der Waals surface area contributed by atoms with E-state index in [-0.39, 0.29) is 34.2 Å². The molecule has 0 spiro atoms. The van der Waals surface area contributed by atoms with E-state index in [4.69, 9.17) is 0 Å². The van der Waals surface area contributed by atoms with Gasteiger partial charge in [-0.05, 0) is 18.2 Å². The number of ketones is 1. The van der Waals surface area contributed by atoms with Crippen molar-refractivity contribution >= 4 is 17.7 Å². The number of nitrogens with zero attached hydrogens (tertiary/aromatic N) is 1. The van der Waals surface area contributed by atoms with E-state index in [9.17, 15) is 20.1 Å². The largest absolute Gasteiger partial charge is 0.507 e. The zero-order chi connectivity index (χ0) is 17.8. The fraction of sp³-hybridized carbons (Fsp3) is 0. The molecular formula is C20H15NO4. The van der Waals surface area contributed by atoms with Crippen molar-refractivity contribution in [2.75, 3.05) is 0 Å². The third-order valence-electron chi connectivity index (χ3n) is 3.65. The SMILES string of the molecule is O=C(c1ccccc1)c1cc(C=Nc2ccccc2O)c(O)cc1O. The quantitative estimate of drug-likeness (QED) is 0.500. The van der Waals surface area contributed by atoms with E-state index >= 15 is 0 Å². The second-order valence-electron chi connectivity index (χ2n) is 5.37. The number of hydrogen-bond acceptors (Lipinski definition) is 5. The molecule has 0 atom stereocenters. The van der Waals surface area contributed by atoms with Gasteiger partial charge < -0.3 is 15.3 Å². The highest BCUT2D eigenvalue weighted by Gasteiger charge is 2.16. The van der Waals surface area contributed by atoms with E-state index in [1.165, 1.54) is 18.3 Å². The fourth-order valence-electron chi connectivity index (χ4n) is 2.34. The molecule has 0 saturated carbocycles. The number of hydrogen-bond donors (Lipinski definition) is 3. The van der Waals surface area contributed by atoms with Gasteiger partial charge in [0.2, 0.25) is 0 Å². The minimum atomic E-state index is -0.365. The minimum Gasteiger partial charge on any atom is -0.507 e. The van der Waals surface area contributed by atoms with Crippen molar-refractivity contribution in [3.63, 3.8) is 0 Å². The molecule has 0 aliphatic heterocycles. The van der Waals surface area contributed by atoms with E-state index in [0.29, 0.717) is 11.3 Å². The molecule has 0 saturated heterocycles. The summed E-state index contributed by atoms with van der Waals surface area (Å²) < 4.78 is 0. The maximum absolute atomic E-state index is 12.5. The number of phenolic OH excluding ortho intramolecular Hbond substituents is 3.